The SMILES string of the molecule is CC(C)c1cc(F)cc(C(C)C)c1CC(=O)CS(=O)(=O)c1cnn2c1C(=O)N(C)CC2. The number of rotatable bonds is 7. The van der Waals surface area contributed by atoms with Crippen molar-refractivity contribution in [2.45, 2.75) is 57.4 Å². The summed E-state index contributed by atoms with van der Waals surface area (Å²) in [7, 11) is -2.47. The van der Waals surface area contributed by atoms with Crippen LogP contribution < -0.4 is 0 Å². The first-order chi connectivity index (χ1) is 14.4. The molecule has 0 saturated heterocycles. The van der Waals surface area contributed by atoms with Crippen molar-refractivity contribution in [3.8, 4) is 0 Å². The van der Waals surface area contributed by atoms with Crippen LogP contribution in [-0.4, -0.2) is 54.1 Å². The average Bonchev–Trinajstić information content (AvgIpc) is 3.10. The highest BCUT2D eigenvalue weighted by Gasteiger charge is 2.33. The number of carbonyl (C=O) groups is 2. The van der Waals surface area contributed by atoms with E-state index in [1.165, 1.54) is 21.7 Å². The van der Waals surface area contributed by atoms with Gasteiger partial charge in [-0.2, -0.15) is 5.10 Å². The van der Waals surface area contributed by atoms with Gasteiger partial charge >= 0.3 is 0 Å². The highest BCUT2D eigenvalue weighted by atomic mass is 32.2. The number of ketones is 1. The quantitative estimate of drug-likeness (QED) is 0.648. The fraction of sp³-hybridized carbons (Fsp3) is 0.500. The highest BCUT2D eigenvalue weighted by Crippen LogP contribution is 2.30. The van der Waals surface area contributed by atoms with E-state index < -0.39 is 27.3 Å². The monoisotopic (exact) mass is 449 g/mol. The summed E-state index contributed by atoms with van der Waals surface area (Å²) in [6.07, 6.45) is 1.03. The number of hydrogen-bond acceptors (Lipinski definition) is 5. The Hall–Kier alpha value is -2.55. The van der Waals surface area contributed by atoms with Crippen molar-refractivity contribution in [1.29, 1.82) is 0 Å². The summed E-state index contributed by atoms with van der Waals surface area (Å²) in [6.45, 7) is 8.46. The first-order valence-corrected chi connectivity index (χ1v) is 12.0. The first-order valence-electron chi connectivity index (χ1n) is 10.3. The van der Waals surface area contributed by atoms with E-state index in [9.17, 15) is 22.4 Å². The molecule has 1 aliphatic rings. The largest absolute Gasteiger partial charge is 0.338 e. The van der Waals surface area contributed by atoms with E-state index in [4.69, 9.17) is 0 Å². The lowest BCUT2D eigenvalue weighted by atomic mass is 9.86. The Morgan fingerprint density at radius 2 is 1.71 bits per heavy atom. The van der Waals surface area contributed by atoms with E-state index in [1.54, 1.807) is 7.05 Å². The van der Waals surface area contributed by atoms with Gasteiger partial charge in [0.15, 0.2) is 15.6 Å². The van der Waals surface area contributed by atoms with Crippen LogP contribution in [0.4, 0.5) is 4.39 Å². The molecule has 3 rings (SSSR count). The molecule has 31 heavy (non-hydrogen) atoms. The van der Waals surface area contributed by atoms with Crippen molar-refractivity contribution in [1.82, 2.24) is 14.7 Å². The molecule has 0 aliphatic carbocycles. The Bertz CT molecular complexity index is 1110. The van der Waals surface area contributed by atoms with Crippen molar-refractivity contribution in [3.05, 3.63) is 46.5 Å². The Balaban J connectivity index is 1.92. The molecule has 0 radical (unpaired) electrons. The molecule has 0 N–H and O–H groups in total. The second kappa shape index (κ2) is 8.53. The zero-order valence-electron chi connectivity index (χ0n) is 18.5. The van der Waals surface area contributed by atoms with Gasteiger partial charge in [-0.15, -0.1) is 0 Å². The lowest BCUT2D eigenvalue weighted by molar-refractivity contribution is -0.116. The van der Waals surface area contributed by atoms with E-state index in [2.05, 4.69) is 5.10 Å². The Kier molecular flexibility index (Phi) is 6.36. The second-order valence-corrected chi connectivity index (χ2v) is 10.6. The van der Waals surface area contributed by atoms with Gasteiger partial charge in [0.05, 0.1) is 12.7 Å². The number of likely N-dealkylation sites (N-methyl/N-ethyl adjacent to an activating group) is 1. The standard InChI is InChI=1S/C22H28FN3O4S/c1-13(2)17-8-15(23)9-18(14(3)4)19(17)10-16(27)12-31(29,30)20-11-24-26-7-6-25(5)22(28)21(20)26/h8-9,11,13-14H,6-7,10,12H2,1-5H3. The minimum atomic E-state index is -4.06. The predicted molar refractivity (Wildman–Crippen MR) is 115 cm³/mol. The van der Waals surface area contributed by atoms with E-state index in [0.717, 1.165) is 6.20 Å². The minimum absolute atomic E-state index is 0.00549. The molecule has 168 valence electrons. The van der Waals surface area contributed by atoms with Crippen molar-refractivity contribution in [3.63, 3.8) is 0 Å². The maximum absolute atomic E-state index is 14.1. The van der Waals surface area contributed by atoms with Crippen LogP contribution in [0.5, 0.6) is 0 Å². The number of hydrogen-bond donors (Lipinski definition) is 0. The Labute approximate surface area is 182 Å². The van der Waals surface area contributed by atoms with Crippen molar-refractivity contribution in [2.75, 3.05) is 19.3 Å². The number of fused-ring (bicyclic) bond motifs is 1. The van der Waals surface area contributed by atoms with Gasteiger partial charge in [-0.1, -0.05) is 27.7 Å². The summed E-state index contributed by atoms with van der Waals surface area (Å²) >= 11 is 0. The predicted octanol–water partition coefficient (Wildman–Crippen LogP) is 2.94. The van der Waals surface area contributed by atoms with Gasteiger partial charge in [0.25, 0.3) is 5.91 Å². The summed E-state index contributed by atoms with van der Waals surface area (Å²) in [4.78, 5) is 26.6. The van der Waals surface area contributed by atoms with Gasteiger partial charge in [-0.05, 0) is 40.7 Å². The zero-order chi connectivity index (χ0) is 23.1. The fourth-order valence-electron chi connectivity index (χ4n) is 3.96. The van der Waals surface area contributed by atoms with E-state index in [1.807, 2.05) is 27.7 Å². The number of Topliss-reactive ketones (excluding diaryl/α,β-unsaturated/α-hetero) is 1. The molecule has 1 amide bonds. The number of nitrogens with zero attached hydrogens (tertiary/aromatic N) is 3. The molecule has 1 aromatic heterocycles. The number of benzene rings is 1. The van der Waals surface area contributed by atoms with Crippen LogP contribution in [0.1, 0.15) is 66.7 Å². The zero-order valence-corrected chi connectivity index (χ0v) is 19.3. The third-order valence-electron chi connectivity index (χ3n) is 5.59. The molecule has 7 nitrogen and oxygen atoms in total. The highest BCUT2D eigenvalue weighted by molar-refractivity contribution is 7.92. The Morgan fingerprint density at radius 1 is 1.13 bits per heavy atom. The number of carbonyl (C=O) groups excluding carboxylic acids is 2. The first kappa shape index (κ1) is 23.1. The minimum Gasteiger partial charge on any atom is -0.338 e. The summed E-state index contributed by atoms with van der Waals surface area (Å²) in [5.41, 5.74) is 2.08. The van der Waals surface area contributed by atoms with Crippen LogP contribution in [0.25, 0.3) is 0 Å². The number of halogens is 1. The molecule has 0 spiro atoms. The van der Waals surface area contributed by atoms with E-state index in [-0.39, 0.29) is 34.7 Å². The Morgan fingerprint density at radius 3 is 2.26 bits per heavy atom. The smallest absolute Gasteiger partial charge is 0.273 e. The molecule has 0 atom stereocenters. The lowest BCUT2D eigenvalue weighted by Crippen LogP contribution is -2.38. The van der Waals surface area contributed by atoms with Gasteiger partial charge < -0.3 is 4.90 Å². The average molecular weight is 450 g/mol. The topological polar surface area (TPSA) is 89.3 Å². The van der Waals surface area contributed by atoms with E-state index in [0.29, 0.717) is 29.8 Å². The van der Waals surface area contributed by atoms with Gasteiger partial charge in [0, 0.05) is 20.0 Å². The third-order valence-corrected chi connectivity index (χ3v) is 7.26. The molecule has 0 bridgehead atoms. The van der Waals surface area contributed by atoms with Crippen LogP contribution in [0.3, 0.4) is 0 Å². The molecule has 0 unspecified atom stereocenters. The van der Waals surface area contributed by atoms with E-state index >= 15 is 0 Å². The van der Waals surface area contributed by atoms with Crippen molar-refractivity contribution >= 4 is 21.5 Å². The second-order valence-electron chi connectivity index (χ2n) is 8.65. The van der Waals surface area contributed by atoms with Crippen LogP contribution in [0.15, 0.2) is 23.2 Å². The fourth-order valence-corrected chi connectivity index (χ4v) is 5.34. The maximum atomic E-state index is 14.1. The van der Waals surface area contributed by atoms with Crippen LogP contribution in [-0.2, 0) is 27.6 Å². The van der Waals surface area contributed by atoms with Gasteiger partial charge in [0.1, 0.15) is 22.2 Å². The maximum Gasteiger partial charge on any atom is 0.273 e. The molecule has 2 aromatic rings. The van der Waals surface area contributed by atoms with Gasteiger partial charge in [-0.25, -0.2) is 12.8 Å². The summed E-state index contributed by atoms with van der Waals surface area (Å²) in [5.74, 6) is -2.10. The molecule has 1 aliphatic heterocycles. The molecular weight excluding hydrogens is 421 g/mol. The number of sulfone groups is 1. The van der Waals surface area contributed by atoms with Gasteiger partial charge in [-0.3, -0.25) is 14.3 Å². The van der Waals surface area contributed by atoms with Crippen LogP contribution in [0.2, 0.25) is 0 Å². The lowest BCUT2D eigenvalue weighted by Gasteiger charge is -2.24. The van der Waals surface area contributed by atoms with Crippen molar-refractivity contribution < 1.29 is 22.4 Å². The molecule has 1 aromatic carbocycles. The van der Waals surface area contributed by atoms with Crippen LogP contribution >= 0.6 is 0 Å². The molecule has 0 saturated carbocycles. The number of aromatic nitrogens is 2. The molecule has 9 heteroatoms. The number of amides is 1. The van der Waals surface area contributed by atoms with Crippen LogP contribution in [0, 0.1) is 5.82 Å². The summed E-state index contributed by atoms with van der Waals surface area (Å²) in [6, 6.07) is 2.83. The molecular formula is C22H28FN3O4S. The normalized spacial score (nSPS) is 14.5. The molecule has 2 heterocycles. The van der Waals surface area contributed by atoms with Crippen molar-refractivity contribution in [2.24, 2.45) is 0 Å². The summed E-state index contributed by atoms with van der Waals surface area (Å²) in [5, 5.41) is 4.02. The third kappa shape index (κ3) is 4.56. The van der Waals surface area contributed by atoms with Gasteiger partial charge in [0.2, 0.25) is 0 Å². The molecule has 0 fully saturated rings. The summed E-state index contributed by atoms with van der Waals surface area (Å²) < 4.78 is 41.5.